The predicted octanol–water partition coefficient (Wildman–Crippen LogP) is 3.40. The Hall–Kier alpha value is -0.0400. The van der Waals surface area contributed by atoms with E-state index >= 15 is 0 Å². The van der Waals surface area contributed by atoms with Gasteiger partial charge in [-0.2, -0.15) is 0 Å². The van der Waals surface area contributed by atoms with Crippen LogP contribution in [0, 0.1) is 0 Å². The summed E-state index contributed by atoms with van der Waals surface area (Å²) in [6.07, 6.45) is 6.28. The van der Waals surface area contributed by atoms with Crippen molar-refractivity contribution >= 4 is 17.9 Å². The standard InChI is InChI=1S/C6H12O.C3H7Cl/c1-2-3-4-5-6-7;1-2-3-4/h6H,2-5H2,1H3;2-3H2,1H3. The molecule has 0 aliphatic rings. The third-order valence-corrected chi connectivity index (χ3v) is 1.49. The van der Waals surface area contributed by atoms with Crippen molar-refractivity contribution in [2.75, 3.05) is 5.88 Å². The molecule has 68 valence electrons. The van der Waals surface area contributed by atoms with Gasteiger partial charge in [0.05, 0.1) is 0 Å². The van der Waals surface area contributed by atoms with Crippen LogP contribution in [0.1, 0.15) is 46.0 Å². The predicted molar refractivity (Wildman–Crippen MR) is 51.2 cm³/mol. The van der Waals surface area contributed by atoms with Crippen LogP contribution >= 0.6 is 11.6 Å². The molecule has 0 bridgehead atoms. The van der Waals surface area contributed by atoms with Crippen molar-refractivity contribution in [2.24, 2.45) is 0 Å². The van der Waals surface area contributed by atoms with Crippen LogP contribution in [0.5, 0.6) is 0 Å². The fraction of sp³-hybridized carbons (Fsp3) is 0.889. The number of halogens is 1. The van der Waals surface area contributed by atoms with Crippen molar-refractivity contribution in [3.05, 3.63) is 0 Å². The third kappa shape index (κ3) is 25.7. The number of carbonyl (C=O) groups excluding carboxylic acids is 1. The summed E-state index contributed by atoms with van der Waals surface area (Å²) < 4.78 is 0. The Kier molecular flexibility index (Phi) is 20.3. The van der Waals surface area contributed by atoms with Crippen LogP contribution in [-0.2, 0) is 4.79 Å². The number of hydrogen-bond acceptors (Lipinski definition) is 1. The van der Waals surface area contributed by atoms with E-state index in [2.05, 4.69) is 6.92 Å². The summed E-state index contributed by atoms with van der Waals surface area (Å²) >= 11 is 5.19. The van der Waals surface area contributed by atoms with Crippen LogP contribution < -0.4 is 0 Å². The Bertz CT molecular complexity index is 62.6. The second kappa shape index (κ2) is 16.5. The van der Waals surface area contributed by atoms with Crippen LogP contribution in [-0.4, -0.2) is 12.2 Å². The van der Waals surface area contributed by atoms with E-state index in [1.165, 1.54) is 12.8 Å². The van der Waals surface area contributed by atoms with Crippen molar-refractivity contribution in [3.63, 3.8) is 0 Å². The molecule has 2 heteroatoms. The molecule has 0 N–H and O–H groups in total. The minimum Gasteiger partial charge on any atom is -0.303 e. The molecule has 0 saturated carbocycles. The van der Waals surface area contributed by atoms with Crippen molar-refractivity contribution in [1.29, 1.82) is 0 Å². The highest BCUT2D eigenvalue weighted by atomic mass is 35.5. The number of aldehydes is 1. The van der Waals surface area contributed by atoms with Gasteiger partial charge in [0.15, 0.2) is 0 Å². The van der Waals surface area contributed by atoms with Gasteiger partial charge in [-0.05, 0) is 12.8 Å². The van der Waals surface area contributed by atoms with E-state index in [-0.39, 0.29) is 0 Å². The molecule has 0 rings (SSSR count). The summed E-state index contributed by atoms with van der Waals surface area (Å²) in [4.78, 5) is 9.68. The van der Waals surface area contributed by atoms with Gasteiger partial charge in [0.2, 0.25) is 0 Å². The Labute approximate surface area is 75.1 Å². The van der Waals surface area contributed by atoms with Gasteiger partial charge in [-0.3, -0.25) is 0 Å². The van der Waals surface area contributed by atoms with Gasteiger partial charge >= 0.3 is 0 Å². The molecule has 0 radical (unpaired) electrons. The molecular formula is C9H19ClO. The smallest absolute Gasteiger partial charge is 0.119 e. The lowest BCUT2D eigenvalue weighted by Gasteiger charge is -1.85. The van der Waals surface area contributed by atoms with E-state index in [0.29, 0.717) is 0 Å². The van der Waals surface area contributed by atoms with Crippen molar-refractivity contribution in [1.82, 2.24) is 0 Å². The van der Waals surface area contributed by atoms with Crippen LogP contribution in [0.15, 0.2) is 0 Å². The Balaban J connectivity index is 0. The zero-order valence-corrected chi connectivity index (χ0v) is 8.36. The molecule has 1 nitrogen and oxygen atoms in total. The first-order valence-electron chi connectivity index (χ1n) is 4.33. The molecular weight excluding hydrogens is 160 g/mol. The quantitative estimate of drug-likeness (QED) is 0.358. The normalized spacial score (nSPS) is 8.27. The van der Waals surface area contributed by atoms with Gasteiger partial charge in [-0.15, -0.1) is 11.6 Å². The number of carbonyl (C=O) groups is 1. The summed E-state index contributed by atoms with van der Waals surface area (Å²) in [6, 6.07) is 0. The minimum atomic E-state index is 0.744. The first-order chi connectivity index (χ1) is 5.33. The molecule has 0 heterocycles. The van der Waals surface area contributed by atoms with Crippen LogP contribution in [0.4, 0.5) is 0 Å². The molecule has 0 amide bonds. The summed E-state index contributed by atoms with van der Waals surface area (Å²) in [5, 5.41) is 0. The van der Waals surface area contributed by atoms with Gasteiger partial charge < -0.3 is 4.79 Å². The highest BCUT2D eigenvalue weighted by molar-refractivity contribution is 6.17. The van der Waals surface area contributed by atoms with Gasteiger partial charge in [-0.1, -0.05) is 26.7 Å². The topological polar surface area (TPSA) is 17.1 Å². The van der Waals surface area contributed by atoms with Crippen molar-refractivity contribution < 1.29 is 4.79 Å². The molecule has 0 spiro atoms. The lowest BCUT2D eigenvalue weighted by Crippen LogP contribution is -1.73. The summed E-state index contributed by atoms with van der Waals surface area (Å²) in [6.45, 7) is 4.18. The molecule has 0 aromatic rings. The summed E-state index contributed by atoms with van der Waals surface area (Å²) in [7, 11) is 0. The molecule has 0 atom stereocenters. The first kappa shape index (κ1) is 13.5. The lowest BCUT2D eigenvalue weighted by molar-refractivity contribution is -0.107. The monoisotopic (exact) mass is 178 g/mol. The molecule has 11 heavy (non-hydrogen) atoms. The Morgan fingerprint density at radius 3 is 2.00 bits per heavy atom. The van der Waals surface area contributed by atoms with Crippen LogP contribution in [0.3, 0.4) is 0 Å². The highest BCUT2D eigenvalue weighted by Gasteiger charge is 1.80. The average Bonchev–Trinajstić information content (AvgIpc) is 2.06. The van der Waals surface area contributed by atoms with E-state index in [1.807, 2.05) is 6.92 Å². The number of alkyl halides is 1. The molecule has 0 unspecified atom stereocenters. The Morgan fingerprint density at radius 1 is 1.18 bits per heavy atom. The third-order valence-electron chi connectivity index (χ3n) is 1.11. The van der Waals surface area contributed by atoms with Crippen LogP contribution in [0.2, 0.25) is 0 Å². The van der Waals surface area contributed by atoms with E-state index < -0.39 is 0 Å². The zero-order chi connectivity index (χ0) is 8.95. The number of hydrogen-bond donors (Lipinski definition) is 0. The van der Waals surface area contributed by atoms with Crippen LogP contribution in [0.25, 0.3) is 0 Å². The maximum absolute atomic E-state index is 9.68. The molecule has 0 aromatic carbocycles. The fourth-order valence-corrected chi connectivity index (χ4v) is 0.478. The van der Waals surface area contributed by atoms with Gasteiger partial charge in [-0.25, -0.2) is 0 Å². The maximum Gasteiger partial charge on any atom is 0.119 e. The molecule has 0 aliphatic carbocycles. The number of unbranched alkanes of at least 4 members (excludes halogenated alkanes) is 3. The van der Waals surface area contributed by atoms with E-state index in [1.54, 1.807) is 0 Å². The molecule has 0 saturated heterocycles. The lowest BCUT2D eigenvalue weighted by atomic mass is 10.2. The maximum atomic E-state index is 9.68. The second-order valence-electron chi connectivity index (χ2n) is 2.35. The van der Waals surface area contributed by atoms with Gasteiger partial charge in [0, 0.05) is 12.3 Å². The SMILES string of the molecule is CCCCCC=O.CCCCl. The van der Waals surface area contributed by atoms with Gasteiger partial charge in [0.1, 0.15) is 6.29 Å². The summed E-state index contributed by atoms with van der Waals surface area (Å²) in [5.41, 5.74) is 0. The highest BCUT2D eigenvalue weighted by Crippen LogP contribution is 1.94. The van der Waals surface area contributed by atoms with Crippen molar-refractivity contribution in [2.45, 2.75) is 46.0 Å². The molecule has 0 fully saturated rings. The molecule has 0 aromatic heterocycles. The molecule has 0 aliphatic heterocycles. The Morgan fingerprint density at radius 2 is 1.73 bits per heavy atom. The zero-order valence-electron chi connectivity index (χ0n) is 7.61. The van der Waals surface area contributed by atoms with Crippen molar-refractivity contribution in [3.8, 4) is 0 Å². The van der Waals surface area contributed by atoms with E-state index in [0.717, 1.165) is 31.4 Å². The van der Waals surface area contributed by atoms with Gasteiger partial charge in [0.25, 0.3) is 0 Å². The largest absolute Gasteiger partial charge is 0.303 e. The summed E-state index contributed by atoms with van der Waals surface area (Å²) in [5.74, 6) is 0.792. The minimum absolute atomic E-state index is 0.744. The second-order valence-corrected chi connectivity index (χ2v) is 2.73. The average molecular weight is 179 g/mol. The fourth-order valence-electron chi connectivity index (χ4n) is 0.478. The van der Waals surface area contributed by atoms with E-state index in [9.17, 15) is 4.79 Å². The first-order valence-corrected chi connectivity index (χ1v) is 4.86. The van der Waals surface area contributed by atoms with E-state index in [4.69, 9.17) is 11.6 Å². The number of rotatable bonds is 5.